The minimum atomic E-state index is -3.05. The Balaban J connectivity index is 1.41. The molecule has 4 rings (SSSR count). The van der Waals surface area contributed by atoms with Crippen molar-refractivity contribution in [1.29, 1.82) is 0 Å². The van der Waals surface area contributed by atoms with Gasteiger partial charge in [0.15, 0.2) is 15.5 Å². The number of benzene rings is 2. The number of aromatic nitrogens is 2. The Kier molecular flexibility index (Phi) is 6.76. The Labute approximate surface area is 198 Å². The lowest BCUT2D eigenvalue weighted by molar-refractivity contribution is 0.102. The Morgan fingerprint density at radius 2 is 1.88 bits per heavy atom. The van der Waals surface area contributed by atoms with Crippen LogP contribution in [-0.2, 0) is 16.4 Å². The second-order valence-electron chi connectivity index (χ2n) is 8.50. The van der Waals surface area contributed by atoms with Gasteiger partial charge in [-0.15, -0.1) is 0 Å². The highest BCUT2D eigenvalue weighted by Crippen LogP contribution is 2.28. The van der Waals surface area contributed by atoms with Crippen LogP contribution >= 0.6 is 11.6 Å². The Bertz CT molecular complexity index is 1240. The van der Waals surface area contributed by atoms with Crippen LogP contribution in [0.1, 0.15) is 54.0 Å². The maximum Gasteiger partial charge on any atom is 0.276 e. The number of rotatable bonds is 7. The van der Waals surface area contributed by atoms with Crippen LogP contribution < -0.4 is 10.1 Å². The van der Waals surface area contributed by atoms with Crippen LogP contribution in [0.15, 0.2) is 54.6 Å². The van der Waals surface area contributed by atoms with E-state index >= 15 is 0 Å². The molecule has 1 N–H and O–H groups in total. The minimum absolute atomic E-state index is 0.0624. The fraction of sp³-hybridized carbons (Fsp3) is 0.333. The smallest absolute Gasteiger partial charge is 0.276 e. The minimum Gasteiger partial charge on any atom is -0.489 e. The van der Waals surface area contributed by atoms with Gasteiger partial charge in [-0.1, -0.05) is 37.6 Å². The van der Waals surface area contributed by atoms with Gasteiger partial charge < -0.3 is 10.1 Å². The SMILES string of the molecule is CC(C)c1cc(C(=O)Nc2ccc(OCc3ccc(Cl)cc3)cc2)nn1[C@H]1CCS(=O)(=O)C1. The van der Waals surface area contributed by atoms with Gasteiger partial charge in [-0.2, -0.15) is 5.10 Å². The molecule has 174 valence electrons. The molecule has 1 aliphatic heterocycles. The molecule has 1 saturated heterocycles. The van der Waals surface area contributed by atoms with Gasteiger partial charge in [-0.25, -0.2) is 8.42 Å². The van der Waals surface area contributed by atoms with Crippen LogP contribution in [0.3, 0.4) is 0 Å². The van der Waals surface area contributed by atoms with E-state index in [-0.39, 0.29) is 35.1 Å². The highest BCUT2D eigenvalue weighted by molar-refractivity contribution is 7.91. The molecule has 0 radical (unpaired) electrons. The molecular weight excluding hydrogens is 462 g/mol. The first-order chi connectivity index (χ1) is 15.7. The number of halogens is 1. The summed E-state index contributed by atoms with van der Waals surface area (Å²) in [6, 6.07) is 16.1. The highest BCUT2D eigenvalue weighted by Gasteiger charge is 2.32. The highest BCUT2D eigenvalue weighted by atomic mass is 35.5. The van der Waals surface area contributed by atoms with Gasteiger partial charge in [-0.05, 0) is 60.4 Å². The average molecular weight is 488 g/mol. The van der Waals surface area contributed by atoms with E-state index in [4.69, 9.17) is 16.3 Å². The molecule has 2 heterocycles. The zero-order chi connectivity index (χ0) is 23.6. The molecule has 0 bridgehead atoms. The number of anilines is 1. The Hall–Kier alpha value is -2.84. The number of nitrogens with zero attached hydrogens (tertiary/aromatic N) is 2. The van der Waals surface area contributed by atoms with Crippen LogP contribution in [0.5, 0.6) is 5.75 Å². The zero-order valence-electron chi connectivity index (χ0n) is 18.5. The van der Waals surface area contributed by atoms with E-state index < -0.39 is 9.84 Å². The van der Waals surface area contributed by atoms with Gasteiger partial charge in [0.1, 0.15) is 12.4 Å². The normalized spacial score (nSPS) is 17.3. The third kappa shape index (κ3) is 5.75. The predicted octanol–water partition coefficient (Wildman–Crippen LogP) is 4.85. The van der Waals surface area contributed by atoms with E-state index in [0.29, 0.717) is 29.5 Å². The van der Waals surface area contributed by atoms with Crippen molar-refractivity contribution < 1.29 is 17.9 Å². The van der Waals surface area contributed by atoms with E-state index in [2.05, 4.69) is 10.4 Å². The van der Waals surface area contributed by atoms with Crippen LogP contribution in [-0.4, -0.2) is 35.6 Å². The summed E-state index contributed by atoms with van der Waals surface area (Å²) in [6.45, 7) is 4.41. The van der Waals surface area contributed by atoms with Gasteiger partial charge >= 0.3 is 0 Å². The number of carbonyl (C=O) groups is 1. The Morgan fingerprint density at radius 3 is 2.48 bits per heavy atom. The number of ether oxygens (including phenoxy) is 1. The number of sulfone groups is 1. The summed E-state index contributed by atoms with van der Waals surface area (Å²) < 4.78 is 31.3. The lowest BCUT2D eigenvalue weighted by Gasteiger charge is -2.15. The third-order valence-corrected chi connectivity index (χ3v) is 7.58. The van der Waals surface area contributed by atoms with Crippen molar-refractivity contribution in [2.24, 2.45) is 0 Å². The van der Waals surface area contributed by atoms with Gasteiger partial charge in [0.05, 0.1) is 17.5 Å². The average Bonchev–Trinajstić information content (AvgIpc) is 3.38. The number of hydrogen-bond acceptors (Lipinski definition) is 5. The van der Waals surface area contributed by atoms with Crippen LogP contribution in [0.4, 0.5) is 5.69 Å². The standard InChI is InChI=1S/C24H26ClN3O4S/c1-16(2)23-13-22(27-28(23)20-11-12-33(30,31)15-20)24(29)26-19-7-9-21(10-8-19)32-14-17-3-5-18(25)6-4-17/h3-10,13,16,20H,11-12,14-15H2,1-2H3,(H,26,29)/t20-/m0/s1. The summed E-state index contributed by atoms with van der Waals surface area (Å²) in [6.07, 6.45) is 0.516. The van der Waals surface area contributed by atoms with Crippen molar-refractivity contribution in [2.45, 2.75) is 38.8 Å². The molecule has 33 heavy (non-hydrogen) atoms. The van der Waals surface area contributed by atoms with Gasteiger partial charge in [0.2, 0.25) is 0 Å². The van der Waals surface area contributed by atoms with Crippen LogP contribution in [0.2, 0.25) is 5.02 Å². The van der Waals surface area contributed by atoms with Crippen molar-refractivity contribution in [2.75, 3.05) is 16.8 Å². The van der Waals surface area contributed by atoms with Crippen molar-refractivity contribution in [1.82, 2.24) is 9.78 Å². The van der Waals surface area contributed by atoms with Gasteiger partial charge in [-0.3, -0.25) is 9.48 Å². The molecule has 9 heteroatoms. The van der Waals surface area contributed by atoms with E-state index in [9.17, 15) is 13.2 Å². The molecule has 0 aliphatic carbocycles. The molecular formula is C24H26ClN3O4S. The van der Waals surface area contributed by atoms with Crippen molar-refractivity contribution in [3.05, 3.63) is 76.6 Å². The molecule has 1 aliphatic rings. The largest absolute Gasteiger partial charge is 0.489 e. The third-order valence-electron chi connectivity index (χ3n) is 5.57. The van der Waals surface area contributed by atoms with Crippen molar-refractivity contribution >= 4 is 33.0 Å². The molecule has 2 aromatic carbocycles. The summed E-state index contributed by atoms with van der Waals surface area (Å²) in [5, 5.41) is 7.99. The molecule has 3 aromatic rings. The maximum atomic E-state index is 12.8. The summed E-state index contributed by atoms with van der Waals surface area (Å²) in [7, 11) is -3.05. The van der Waals surface area contributed by atoms with Crippen molar-refractivity contribution in [3.63, 3.8) is 0 Å². The molecule has 7 nitrogen and oxygen atoms in total. The first-order valence-electron chi connectivity index (χ1n) is 10.8. The monoisotopic (exact) mass is 487 g/mol. The summed E-state index contributed by atoms with van der Waals surface area (Å²) in [4.78, 5) is 12.8. The van der Waals surface area contributed by atoms with E-state index in [1.165, 1.54) is 0 Å². The second-order valence-corrected chi connectivity index (χ2v) is 11.2. The fourth-order valence-corrected chi connectivity index (χ4v) is 5.61. The summed E-state index contributed by atoms with van der Waals surface area (Å²) in [5.74, 6) is 0.665. The molecule has 0 unspecified atom stereocenters. The number of amides is 1. The lowest BCUT2D eigenvalue weighted by atomic mass is 10.1. The summed E-state index contributed by atoms with van der Waals surface area (Å²) in [5.41, 5.74) is 2.74. The molecule has 1 fully saturated rings. The van der Waals surface area contributed by atoms with Gasteiger partial charge in [0, 0.05) is 16.4 Å². The predicted molar refractivity (Wildman–Crippen MR) is 129 cm³/mol. The molecule has 1 amide bonds. The topological polar surface area (TPSA) is 90.3 Å². The second kappa shape index (κ2) is 9.57. The first kappa shape index (κ1) is 23.3. The van der Waals surface area contributed by atoms with E-state index in [1.807, 2.05) is 38.1 Å². The van der Waals surface area contributed by atoms with E-state index in [0.717, 1.165) is 11.3 Å². The summed E-state index contributed by atoms with van der Waals surface area (Å²) >= 11 is 5.90. The molecule has 1 aromatic heterocycles. The van der Waals surface area contributed by atoms with E-state index in [1.54, 1.807) is 35.0 Å². The lowest BCUT2D eigenvalue weighted by Crippen LogP contribution is -2.17. The number of hydrogen-bond donors (Lipinski definition) is 1. The quantitative estimate of drug-likeness (QED) is 0.514. The van der Waals surface area contributed by atoms with Crippen LogP contribution in [0, 0.1) is 0 Å². The fourth-order valence-electron chi connectivity index (χ4n) is 3.79. The van der Waals surface area contributed by atoms with Gasteiger partial charge in [0.25, 0.3) is 5.91 Å². The van der Waals surface area contributed by atoms with Crippen LogP contribution in [0.25, 0.3) is 0 Å². The first-order valence-corrected chi connectivity index (χ1v) is 13.0. The zero-order valence-corrected chi connectivity index (χ0v) is 20.1. The Morgan fingerprint density at radius 1 is 1.18 bits per heavy atom. The maximum absolute atomic E-state index is 12.8. The molecule has 0 saturated carbocycles. The number of nitrogens with one attached hydrogen (secondary N) is 1. The molecule has 0 spiro atoms. The van der Waals surface area contributed by atoms with Crippen molar-refractivity contribution in [3.8, 4) is 5.75 Å². The number of carbonyl (C=O) groups excluding carboxylic acids is 1. The molecule has 1 atom stereocenters.